The summed E-state index contributed by atoms with van der Waals surface area (Å²) in [6, 6.07) is 1.11. The van der Waals surface area contributed by atoms with Crippen LogP contribution in [0.5, 0.6) is 0 Å². The second-order valence-corrected chi connectivity index (χ2v) is 3.87. The first-order valence-corrected chi connectivity index (χ1v) is 5.45. The van der Waals surface area contributed by atoms with E-state index in [-0.39, 0.29) is 9.52 Å². The Morgan fingerprint density at radius 1 is 1.71 bits per heavy atom. The molecule has 0 spiro atoms. The standard InChI is InChI=1S/C4H8Cl2Si/c1-7-3-2-4(5)6/h2H,3,7H2,1H3. The SMILES string of the molecule is C[SiH2]CC=C(Cl)Cl. The second-order valence-electron chi connectivity index (χ2n) is 1.28. The summed E-state index contributed by atoms with van der Waals surface area (Å²) >= 11 is 10.6. The third-order valence-corrected chi connectivity index (χ3v) is 1.76. The van der Waals surface area contributed by atoms with Crippen molar-refractivity contribution >= 4 is 32.7 Å². The highest BCUT2D eigenvalue weighted by Gasteiger charge is 1.78. The number of rotatable bonds is 2. The molecule has 3 heteroatoms. The first-order chi connectivity index (χ1) is 3.27. The fraction of sp³-hybridized carbons (Fsp3) is 0.500. The maximum Gasteiger partial charge on any atom is 0.102 e. The van der Waals surface area contributed by atoms with Crippen molar-refractivity contribution in [2.75, 3.05) is 0 Å². The van der Waals surface area contributed by atoms with Gasteiger partial charge in [-0.25, -0.2) is 0 Å². The van der Waals surface area contributed by atoms with E-state index in [4.69, 9.17) is 23.2 Å². The van der Waals surface area contributed by atoms with E-state index in [9.17, 15) is 0 Å². The Balaban J connectivity index is 3.08. The molecule has 0 bridgehead atoms. The van der Waals surface area contributed by atoms with Gasteiger partial charge in [-0.15, -0.1) is 0 Å². The van der Waals surface area contributed by atoms with E-state index >= 15 is 0 Å². The summed E-state index contributed by atoms with van der Waals surface area (Å²) in [5.74, 6) is 0. The minimum atomic E-state index is 0.126. The Labute approximate surface area is 56.3 Å². The van der Waals surface area contributed by atoms with Crippen LogP contribution in [0.25, 0.3) is 0 Å². The lowest BCUT2D eigenvalue weighted by Crippen LogP contribution is -1.72. The largest absolute Gasteiger partial charge is 0.102 e. The monoisotopic (exact) mass is 154 g/mol. The summed E-state index contributed by atoms with van der Waals surface area (Å²) in [6.07, 6.45) is 1.86. The topological polar surface area (TPSA) is 0 Å². The van der Waals surface area contributed by atoms with Crippen molar-refractivity contribution < 1.29 is 0 Å². The van der Waals surface area contributed by atoms with Gasteiger partial charge in [0, 0.05) is 9.52 Å². The molecule has 0 aromatic rings. The van der Waals surface area contributed by atoms with E-state index in [0.29, 0.717) is 4.49 Å². The fourth-order valence-electron chi connectivity index (χ4n) is 0.253. The molecule has 0 rings (SSSR count). The average Bonchev–Trinajstić information content (AvgIpc) is 1.61. The van der Waals surface area contributed by atoms with E-state index in [1.54, 1.807) is 0 Å². The van der Waals surface area contributed by atoms with Gasteiger partial charge >= 0.3 is 0 Å². The predicted octanol–water partition coefficient (Wildman–Crippen LogP) is 1.94. The summed E-state index contributed by atoms with van der Waals surface area (Å²) in [7, 11) is 0.126. The maximum atomic E-state index is 5.31. The van der Waals surface area contributed by atoms with E-state index in [0.717, 1.165) is 6.04 Å². The molecule has 0 aliphatic heterocycles. The second kappa shape index (κ2) is 4.69. The molecule has 0 saturated carbocycles. The van der Waals surface area contributed by atoms with E-state index < -0.39 is 0 Å². The van der Waals surface area contributed by atoms with Gasteiger partial charge in [0.1, 0.15) is 4.49 Å². The highest BCUT2D eigenvalue weighted by atomic mass is 35.5. The Bertz CT molecular complexity index is 66.1. The van der Waals surface area contributed by atoms with Crippen LogP contribution in [0.2, 0.25) is 12.6 Å². The number of allylic oxidation sites excluding steroid dienone is 1. The van der Waals surface area contributed by atoms with Crippen molar-refractivity contribution in [2.45, 2.75) is 12.6 Å². The van der Waals surface area contributed by atoms with Crippen molar-refractivity contribution in [1.29, 1.82) is 0 Å². The van der Waals surface area contributed by atoms with Crippen LogP contribution >= 0.6 is 23.2 Å². The molecule has 0 atom stereocenters. The van der Waals surface area contributed by atoms with Crippen LogP contribution in [0.4, 0.5) is 0 Å². The third-order valence-electron chi connectivity index (χ3n) is 0.587. The van der Waals surface area contributed by atoms with Crippen molar-refractivity contribution in [2.24, 2.45) is 0 Å². The molecule has 0 amide bonds. The number of hydrogen-bond acceptors (Lipinski definition) is 0. The zero-order valence-electron chi connectivity index (χ0n) is 4.25. The minimum absolute atomic E-state index is 0.126. The van der Waals surface area contributed by atoms with Crippen LogP contribution in [0.3, 0.4) is 0 Å². The van der Waals surface area contributed by atoms with Crippen molar-refractivity contribution in [3.8, 4) is 0 Å². The van der Waals surface area contributed by atoms with Gasteiger partial charge < -0.3 is 0 Å². The Morgan fingerprint density at radius 2 is 2.29 bits per heavy atom. The highest BCUT2D eigenvalue weighted by Crippen LogP contribution is 2.06. The summed E-state index contributed by atoms with van der Waals surface area (Å²) in [5.41, 5.74) is 0. The molecule has 0 aromatic carbocycles. The van der Waals surface area contributed by atoms with Gasteiger partial charge in [-0.1, -0.05) is 35.8 Å². The molecule has 7 heavy (non-hydrogen) atoms. The van der Waals surface area contributed by atoms with Crippen LogP contribution in [0.15, 0.2) is 10.6 Å². The Hall–Kier alpha value is 0.537. The lowest BCUT2D eigenvalue weighted by Gasteiger charge is -1.79. The van der Waals surface area contributed by atoms with E-state index in [1.807, 2.05) is 6.08 Å². The van der Waals surface area contributed by atoms with Crippen molar-refractivity contribution in [3.63, 3.8) is 0 Å². The average molecular weight is 155 g/mol. The summed E-state index contributed by atoms with van der Waals surface area (Å²) < 4.78 is 0.411. The van der Waals surface area contributed by atoms with Crippen LogP contribution in [-0.4, -0.2) is 9.52 Å². The summed E-state index contributed by atoms with van der Waals surface area (Å²) in [6.45, 7) is 2.22. The summed E-state index contributed by atoms with van der Waals surface area (Å²) in [5, 5.41) is 0. The van der Waals surface area contributed by atoms with Gasteiger partial charge in [0.2, 0.25) is 0 Å². The first-order valence-electron chi connectivity index (χ1n) is 2.28. The van der Waals surface area contributed by atoms with E-state index in [2.05, 4.69) is 6.55 Å². The quantitative estimate of drug-likeness (QED) is 0.534. The van der Waals surface area contributed by atoms with Crippen LogP contribution < -0.4 is 0 Å². The fourth-order valence-corrected chi connectivity index (χ4v) is 1.41. The van der Waals surface area contributed by atoms with Crippen molar-refractivity contribution in [1.82, 2.24) is 0 Å². The molecule has 0 unspecified atom stereocenters. The van der Waals surface area contributed by atoms with Gasteiger partial charge in [0.25, 0.3) is 0 Å². The third kappa shape index (κ3) is 6.54. The lowest BCUT2D eigenvalue weighted by atomic mass is 10.8. The van der Waals surface area contributed by atoms with Gasteiger partial charge in [0.05, 0.1) is 0 Å². The number of halogens is 2. The summed E-state index contributed by atoms with van der Waals surface area (Å²) in [4.78, 5) is 0. The molecule has 0 saturated heterocycles. The normalized spacial score (nSPS) is 10.1. The zero-order chi connectivity index (χ0) is 5.70. The predicted molar refractivity (Wildman–Crippen MR) is 39.0 cm³/mol. The van der Waals surface area contributed by atoms with Crippen LogP contribution in [0.1, 0.15) is 0 Å². The van der Waals surface area contributed by atoms with Crippen LogP contribution in [0, 0.1) is 0 Å². The van der Waals surface area contributed by atoms with Gasteiger partial charge in [-0.3, -0.25) is 0 Å². The maximum absolute atomic E-state index is 5.31. The zero-order valence-corrected chi connectivity index (χ0v) is 7.17. The molecule has 0 aromatic heterocycles. The minimum Gasteiger partial charge on any atom is -0.0746 e. The lowest BCUT2D eigenvalue weighted by molar-refractivity contribution is 1.68. The molecule has 0 aliphatic rings. The van der Waals surface area contributed by atoms with Gasteiger partial charge in [0.15, 0.2) is 0 Å². The molecule has 0 nitrogen and oxygen atoms in total. The molecule has 0 N–H and O–H groups in total. The Morgan fingerprint density at radius 3 is 2.43 bits per heavy atom. The first kappa shape index (κ1) is 7.54. The van der Waals surface area contributed by atoms with Gasteiger partial charge in [-0.2, -0.15) is 0 Å². The number of hydrogen-bond donors (Lipinski definition) is 0. The molecule has 0 fully saturated rings. The van der Waals surface area contributed by atoms with E-state index in [1.165, 1.54) is 0 Å². The molecule has 0 heterocycles. The highest BCUT2D eigenvalue weighted by molar-refractivity contribution is 6.56. The molecule has 42 valence electrons. The molecular weight excluding hydrogens is 147 g/mol. The van der Waals surface area contributed by atoms with Crippen LogP contribution in [-0.2, 0) is 0 Å². The van der Waals surface area contributed by atoms with Gasteiger partial charge in [-0.05, 0) is 6.04 Å². The Kier molecular flexibility index (Phi) is 5.05. The molecule has 0 aliphatic carbocycles. The van der Waals surface area contributed by atoms with Crippen molar-refractivity contribution in [3.05, 3.63) is 10.6 Å². The molecule has 0 radical (unpaired) electrons. The smallest absolute Gasteiger partial charge is 0.0746 e. The molecular formula is C4H8Cl2Si.